The third-order valence-corrected chi connectivity index (χ3v) is 4.35. The quantitative estimate of drug-likeness (QED) is 0.833. The van der Waals surface area contributed by atoms with Crippen LogP contribution in [-0.4, -0.2) is 19.8 Å². The highest BCUT2D eigenvalue weighted by molar-refractivity contribution is 7.11. The molecule has 2 rings (SSSR count). The van der Waals surface area contributed by atoms with Crippen molar-refractivity contribution in [2.45, 2.75) is 32.4 Å². The molecule has 108 valence electrons. The molecular formula is C17H23NOS. The topological polar surface area (TPSA) is 21.3 Å². The van der Waals surface area contributed by atoms with Crippen LogP contribution < -0.4 is 5.32 Å². The Morgan fingerprint density at radius 2 is 1.90 bits per heavy atom. The number of rotatable bonds is 7. The van der Waals surface area contributed by atoms with Crippen molar-refractivity contribution in [2.24, 2.45) is 0 Å². The van der Waals surface area contributed by atoms with E-state index in [0.29, 0.717) is 12.6 Å². The highest BCUT2D eigenvalue weighted by atomic mass is 32.1. The second-order valence-electron chi connectivity index (χ2n) is 5.20. The molecule has 20 heavy (non-hydrogen) atoms. The van der Waals surface area contributed by atoms with Crippen molar-refractivity contribution < 1.29 is 4.74 Å². The number of methoxy groups -OCH3 is 1. The molecule has 0 bridgehead atoms. The average molecular weight is 289 g/mol. The van der Waals surface area contributed by atoms with Crippen LogP contribution in [0.1, 0.15) is 28.3 Å². The van der Waals surface area contributed by atoms with Crippen LogP contribution in [0, 0.1) is 6.92 Å². The van der Waals surface area contributed by atoms with Crippen LogP contribution in [0.5, 0.6) is 0 Å². The van der Waals surface area contributed by atoms with Gasteiger partial charge in [-0.25, -0.2) is 0 Å². The molecule has 0 spiro atoms. The molecule has 0 radical (unpaired) electrons. The van der Waals surface area contributed by atoms with Gasteiger partial charge in [0.1, 0.15) is 0 Å². The Bertz CT molecular complexity index is 509. The van der Waals surface area contributed by atoms with E-state index < -0.39 is 0 Å². The number of thiophene rings is 1. The Morgan fingerprint density at radius 3 is 2.50 bits per heavy atom. The average Bonchev–Trinajstić information content (AvgIpc) is 2.84. The zero-order valence-electron chi connectivity index (χ0n) is 12.4. The first kappa shape index (κ1) is 15.2. The molecule has 3 heteroatoms. The fourth-order valence-electron chi connectivity index (χ4n) is 2.39. The van der Waals surface area contributed by atoms with E-state index in [9.17, 15) is 0 Å². The number of ether oxygens (including phenoxy) is 1. The Balaban J connectivity index is 1.97. The summed E-state index contributed by atoms with van der Waals surface area (Å²) in [6.07, 6.45) is 1.06. The monoisotopic (exact) mass is 289 g/mol. The molecule has 0 saturated heterocycles. The lowest BCUT2D eigenvalue weighted by atomic mass is 10.1. The van der Waals surface area contributed by atoms with Gasteiger partial charge in [-0.3, -0.25) is 0 Å². The van der Waals surface area contributed by atoms with Crippen LogP contribution in [0.25, 0.3) is 0 Å². The maximum atomic E-state index is 5.35. The lowest BCUT2D eigenvalue weighted by molar-refractivity contribution is 0.162. The van der Waals surface area contributed by atoms with Gasteiger partial charge in [0.05, 0.1) is 12.6 Å². The molecule has 1 heterocycles. The second kappa shape index (κ2) is 7.58. The van der Waals surface area contributed by atoms with Crippen molar-refractivity contribution in [3.8, 4) is 0 Å². The molecule has 0 fully saturated rings. The SMILES string of the molecule is COCC(NC(C)Cc1ccc(C)s1)c1ccccc1. The van der Waals surface area contributed by atoms with Gasteiger partial charge in [-0.05, 0) is 38.0 Å². The van der Waals surface area contributed by atoms with E-state index >= 15 is 0 Å². The van der Waals surface area contributed by atoms with Crippen LogP contribution in [0.15, 0.2) is 42.5 Å². The fraction of sp³-hybridized carbons (Fsp3) is 0.412. The van der Waals surface area contributed by atoms with Crippen molar-refractivity contribution in [2.75, 3.05) is 13.7 Å². The van der Waals surface area contributed by atoms with Gasteiger partial charge in [0, 0.05) is 22.9 Å². The number of benzene rings is 1. The first-order valence-electron chi connectivity index (χ1n) is 7.04. The van der Waals surface area contributed by atoms with E-state index in [1.54, 1.807) is 7.11 Å². The van der Waals surface area contributed by atoms with Gasteiger partial charge in [-0.2, -0.15) is 0 Å². The molecule has 0 aliphatic carbocycles. The smallest absolute Gasteiger partial charge is 0.0657 e. The Labute approximate surface area is 125 Å². The molecule has 0 aliphatic rings. The minimum Gasteiger partial charge on any atom is -0.383 e. The number of aryl methyl sites for hydroxylation is 1. The van der Waals surface area contributed by atoms with E-state index in [1.807, 2.05) is 17.4 Å². The van der Waals surface area contributed by atoms with Crippen molar-refractivity contribution in [3.05, 3.63) is 57.8 Å². The summed E-state index contributed by atoms with van der Waals surface area (Å²) in [6, 6.07) is 15.6. The number of hydrogen-bond acceptors (Lipinski definition) is 3. The summed E-state index contributed by atoms with van der Waals surface area (Å²) < 4.78 is 5.35. The molecule has 0 saturated carbocycles. The third-order valence-electron chi connectivity index (χ3n) is 3.32. The summed E-state index contributed by atoms with van der Waals surface area (Å²) in [7, 11) is 1.75. The lowest BCUT2D eigenvalue weighted by Crippen LogP contribution is -2.34. The normalized spacial score (nSPS) is 14.2. The van der Waals surface area contributed by atoms with Crippen molar-refractivity contribution in [3.63, 3.8) is 0 Å². The van der Waals surface area contributed by atoms with Crippen molar-refractivity contribution in [1.29, 1.82) is 0 Å². The zero-order valence-corrected chi connectivity index (χ0v) is 13.2. The van der Waals surface area contributed by atoms with Gasteiger partial charge in [-0.1, -0.05) is 30.3 Å². The summed E-state index contributed by atoms with van der Waals surface area (Å²) in [5.74, 6) is 0. The predicted molar refractivity (Wildman–Crippen MR) is 86.4 cm³/mol. The van der Waals surface area contributed by atoms with Gasteiger partial charge in [0.25, 0.3) is 0 Å². The molecule has 1 aromatic carbocycles. The maximum Gasteiger partial charge on any atom is 0.0657 e. The summed E-state index contributed by atoms with van der Waals surface area (Å²) in [6.45, 7) is 5.09. The molecular weight excluding hydrogens is 266 g/mol. The molecule has 1 N–H and O–H groups in total. The summed E-state index contributed by atoms with van der Waals surface area (Å²) in [5, 5.41) is 3.67. The summed E-state index contributed by atoms with van der Waals surface area (Å²) in [4.78, 5) is 2.82. The Morgan fingerprint density at radius 1 is 1.15 bits per heavy atom. The van der Waals surface area contributed by atoms with Gasteiger partial charge in [-0.15, -0.1) is 11.3 Å². The predicted octanol–water partition coefficient (Wildman–Crippen LogP) is 3.96. The first-order valence-corrected chi connectivity index (χ1v) is 7.86. The zero-order chi connectivity index (χ0) is 14.4. The number of hydrogen-bond donors (Lipinski definition) is 1. The van der Waals surface area contributed by atoms with Gasteiger partial charge < -0.3 is 10.1 Å². The molecule has 0 aliphatic heterocycles. The Hall–Kier alpha value is -1.16. The molecule has 2 aromatic rings. The van der Waals surface area contributed by atoms with E-state index in [-0.39, 0.29) is 6.04 Å². The van der Waals surface area contributed by atoms with Crippen molar-refractivity contribution in [1.82, 2.24) is 5.32 Å². The van der Waals surface area contributed by atoms with Crippen LogP contribution in [-0.2, 0) is 11.2 Å². The van der Waals surface area contributed by atoms with Crippen LogP contribution in [0.2, 0.25) is 0 Å². The molecule has 2 nitrogen and oxygen atoms in total. The van der Waals surface area contributed by atoms with E-state index in [1.165, 1.54) is 15.3 Å². The molecule has 1 aromatic heterocycles. The van der Waals surface area contributed by atoms with E-state index in [4.69, 9.17) is 4.74 Å². The van der Waals surface area contributed by atoms with E-state index in [0.717, 1.165) is 6.42 Å². The third kappa shape index (κ3) is 4.44. The van der Waals surface area contributed by atoms with Crippen molar-refractivity contribution >= 4 is 11.3 Å². The highest BCUT2D eigenvalue weighted by Crippen LogP contribution is 2.19. The molecule has 2 unspecified atom stereocenters. The van der Waals surface area contributed by atoms with E-state index in [2.05, 4.69) is 55.6 Å². The molecule has 2 atom stereocenters. The first-order chi connectivity index (χ1) is 9.69. The standard InChI is InChI=1S/C17H23NOS/c1-13(11-16-10-9-14(2)20-16)18-17(12-19-3)15-7-5-4-6-8-15/h4-10,13,17-18H,11-12H2,1-3H3. The largest absolute Gasteiger partial charge is 0.383 e. The Kier molecular flexibility index (Phi) is 5.77. The lowest BCUT2D eigenvalue weighted by Gasteiger charge is -2.23. The summed E-state index contributed by atoms with van der Waals surface area (Å²) in [5.41, 5.74) is 1.28. The number of nitrogens with one attached hydrogen (secondary N) is 1. The fourth-order valence-corrected chi connectivity index (χ4v) is 3.41. The van der Waals surface area contributed by atoms with Gasteiger partial charge in [0.15, 0.2) is 0 Å². The van der Waals surface area contributed by atoms with Crippen LogP contribution >= 0.6 is 11.3 Å². The highest BCUT2D eigenvalue weighted by Gasteiger charge is 2.14. The maximum absolute atomic E-state index is 5.35. The van der Waals surface area contributed by atoms with Gasteiger partial charge >= 0.3 is 0 Å². The van der Waals surface area contributed by atoms with Gasteiger partial charge in [0.2, 0.25) is 0 Å². The van der Waals surface area contributed by atoms with Crippen LogP contribution in [0.3, 0.4) is 0 Å². The van der Waals surface area contributed by atoms with Crippen LogP contribution in [0.4, 0.5) is 0 Å². The molecule has 0 amide bonds. The second-order valence-corrected chi connectivity index (χ2v) is 6.58. The minimum atomic E-state index is 0.247. The minimum absolute atomic E-state index is 0.247. The summed E-state index contributed by atoms with van der Waals surface area (Å²) >= 11 is 1.88.